The number of ether oxygens (including phenoxy) is 1. The Morgan fingerprint density at radius 1 is 1.45 bits per heavy atom. The summed E-state index contributed by atoms with van der Waals surface area (Å²) in [7, 11) is 0. The van der Waals surface area contributed by atoms with E-state index in [2.05, 4.69) is 0 Å². The fourth-order valence-corrected chi connectivity index (χ4v) is 0.942. The fourth-order valence-electron chi connectivity index (χ4n) is 0.942. The number of rotatable bonds is 1. The second-order valence-corrected chi connectivity index (χ2v) is 2.20. The van der Waals surface area contributed by atoms with Crippen molar-refractivity contribution in [1.82, 2.24) is 4.90 Å². The van der Waals surface area contributed by atoms with Crippen LogP contribution in [-0.2, 0) is 9.53 Å². The molecule has 0 bridgehead atoms. The van der Waals surface area contributed by atoms with Crippen molar-refractivity contribution in [3.05, 3.63) is 0 Å². The number of morpholine rings is 1. The van der Waals surface area contributed by atoms with Gasteiger partial charge in [-0.1, -0.05) is 0 Å². The van der Waals surface area contributed by atoms with Crippen LogP contribution >= 0.6 is 12.4 Å². The smallest absolute Gasteiger partial charge is 0.236 e. The highest BCUT2D eigenvalue weighted by molar-refractivity contribution is 5.85. The van der Waals surface area contributed by atoms with Crippen LogP contribution in [0.1, 0.15) is 0 Å². The summed E-state index contributed by atoms with van der Waals surface area (Å²) >= 11 is 0. The lowest BCUT2D eigenvalue weighted by molar-refractivity contribution is -0.133. The molecule has 1 fully saturated rings. The van der Waals surface area contributed by atoms with E-state index >= 15 is 0 Å². The number of nitrogens with two attached hydrogens (primary N) is 1. The number of hydrogen-bond acceptors (Lipinski definition) is 3. The lowest BCUT2D eigenvalue weighted by Gasteiger charge is -2.26. The van der Waals surface area contributed by atoms with Crippen LogP contribution in [-0.4, -0.2) is 43.7 Å². The molecule has 0 aliphatic carbocycles. The average molecular weight is 181 g/mol. The van der Waals surface area contributed by atoms with Crippen molar-refractivity contribution < 1.29 is 9.53 Å². The predicted molar refractivity (Wildman–Crippen MR) is 43.7 cm³/mol. The summed E-state index contributed by atoms with van der Waals surface area (Å²) in [4.78, 5) is 12.6. The molecule has 2 N–H and O–H groups in total. The van der Waals surface area contributed by atoms with Crippen molar-refractivity contribution in [1.29, 1.82) is 0 Å². The van der Waals surface area contributed by atoms with E-state index in [9.17, 15) is 4.79 Å². The second kappa shape index (κ2) is 5.35. The van der Waals surface area contributed by atoms with Gasteiger partial charge in [-0.25, -0.2) is 0 Å². The molecule has 1 aliphatic rings. The molecule has 0 atom stereocenters. The van der Waals surface area contributed by atoms with Gasteiger partial charge in [-0.2, -0.15) is 0 Å². The van der Waals surface area contributed by atoms with Crippen LogP contribution in [0.25, 0.3) is 0 Å². The average Bonchev–Trinajstić information content (AvgIpc) is 2.05. The first kappa shape index (κ1) is 10.7. The van der Waals surface area contributed by atoms with Crippen LogP contribution in [0, 0.1) is 0 Å². The summed E-state index contributed by atoms with van der Waals surface area (Å²) in [5.41, 5.74) is 5.17. The minimum absolute atomic E-state index is 0. The zero-order chi connectivity index (χ0) is 7.40. The lowest BCUT2D eigenvalue weighted by atomic mass is 10.4. The molecular weight excluding hydrogens is 168 g/mol. The third kappa shape index (κ3) is 3.05. The highest BCUT2D eigenvalue weighted by Crippen LogP contribution is 1.95. The van der Waals surface area contributed by atoms with E-state index < -0.39 is 0 Å². The molecule has 1 rings (SSSR count). The van der Waals surface area contributed by atoms with E-state index in [1.165, 1.54) is 0 Å². The maximum Gasteiger partial charge on any atom is 0.236 e. The van der Waals surface area contributed by atoms with Crippen molar-refractivity contribution >= 4 is 18.3 Å². The number of halogens is 1. The molecule has 0 aromatic carbocycles. The zero-order valence-electron chi connectivity index (χ0n) is 6.28. The van der Waals surface area contributed by atoms with Gasteiger partial charge in [0.15, 0.2) is 0 Å². The Kier molecular flexibility index (Phi) is 5.19. The molecule has 0 aromatic heterocycles. The summed E-state index contributed by atoms with van der Waals surface area (Å²) in [5, 5.41) is 0. The van der Waals surface area contributed by atoms with E-state index in [0.717, 1.165) is 0 Å². The van der Waals surface area contributed by atoms with E-state index in [1.54, 1.807) is 4.90 Å². The first-order valence-electron chi connectivity index (χ1n) is 3.40. The van der Waals surface area contributed by atoms with Crippen LogP contribution in [0.15, 0.2) is 0 Å². The third-order valence-corrected chi connectivity index (χ3v) is 1.54. The van der Waals surface area contributed by atoms with Crippen LogP contribution < -0.4 is 5.73 Å². The highest BCUT2D eigenvalue weighted by atomic mass is 35.5. The molecule has 5 heteroatoms. The SMILES string of the molecule is Cl.NCC(=O)N1CCOCC1. The minimum atomic E-state index is 0. The van der Waals surface area contributed by atoms with Gasteiger partial charge >= 0.3 is 0 Å². The molecule has 0 unspecified atom stereocenters. The Labute approximate surface area is 72.1 Å². The van der Waals surface area contributed by atoms with Gasteiger partial charge in [0.05, 0.1) is 19.8 Å². The molecule has 0 saturated carbocycles. The molecule has 1 aliphatic heterocycles. The Bertz CT molecular complexity index is 126. The zero-order valence-corrected chi connectivity index (χ0v) is 7.10. The molecule has 11 heavy (non-hydrogen) atoms. The first-order valence-corrected chi connectivity index (χ1v) is 3.40. The number of hydrogen-bond donors (Lipinski definition) is 1. The van der Waals surface area contributed by atoms with Crippen LogP contribution in [0.5, 0.6) is 0 Å². The number of amides is 1. The van der Waals surface area contributed by atoms with Crippen molar-refractivity contribution in [3.63, 3.8) is 0 Å². The van der Waals surface area contributed by atoms with Crippen molar-refractivity contribution in [2.24, 2.45) is 5.73 Å². The molecule has 66 valence electrons. The predicted octanol–water partition coefficient (Wildman–Crippen LogP) is -0.774. The Morgan fingerprint density at radius 2 is 2.00 bits per heavy atom. The summed E-state index contributed by atoms with van der Waals surface area (Å²) < 4.78 is 5.06. The molecule has 1 amide bonds. The van der Waals surface area contributed by atoms with Gasteiger partial charge in [0.25, 0.3) is 0 Å². The second-order valence-electron chi connectivity index (χ2n) is 2.20. The van der Waals surface area contributed by atoms with Gasteiger partial charge in [0, 0.05) is 13.1 Å². The van der Waals surface area contributed by atoms with Crippen molar-refractivity contribution in [2.75, 3.05) is 32.8 Å². The fraction of sp³-hybridized carbons (Fsp3) is 0.833. The molecular formula is C6H13ClN2O2. The molecule has 0 radical (unpaired) electrons. The third-order valence-electron chi connectivity index (χ3n) is 1.54. The van der Waals surface area contributed by atoms with E-state index in [1.807, 2.05) is 0 Å². The molecule has 0 spiro atoms. The number of nitrogens with zero attached hydrogens (tertiary/aromatic N) is 1. The topological polar surface area (TPSA) is 55.6 Å². The Hall–Kier alpha value is -0.320. The first-order chi connectivity index (χ1) is 4.84. The van der Waals surface area contributed by atoms with E-state index in [4.69, 9.17) is 10.5 Å². The summed E-state index contributed by atoms with van der Waals surface area (Å²) in [6.07, 6.45) is 0. The Balaban J connectivity index is 0.000001000. The van der Waals surface area contributed by atoms with Gasteiger partial charge in [-0.3, -0.25) is 4.79 Å². The van der Waals surface area contributed by atoms with Crippen LogP contribution in [0.3, 0.4) is 0 Å². The maximum atomic E-state index is 10.9. The highest BCUT2D eigenvalue weighted by Gasteiger charge is 2.14. The normalized spacial score (nSPS) is 17.4. The molecule has 1 heterocycles. The largest absolute Gasteiger partial charge is 0.378 e. The number of carbonyl (C=O) groups is 1. The summed E-state index contributed by atoms with van der Waals surface area (Å²) in [6.45, 7) is 2.78. The Morgan fingerprint density at radius 3 is 2.45 bits per heavy atom. The van der Waals surface area contributed by atoms with Gasteiger partial charge in [0.2, 0.25) is 5.91 Å². The van der Waals surface area contributed by atoms with Crippen molar-refractivity contribution in [3.8, 4) is 0 Å². The standard InChI is InChI=1S/C6H12N2O2.ClH/c7-5-6(9)8-1-3-10-4-2-8;/h1-5,7H2;1H. The minimum Gasteiger partial charge on any atom is -0.378 e. The summed E-state index contributed by atoms with van der Waals surface area (Å²) in [5.74, 6) is 0.0169. The lowest BCUT2D eigenvalue weighted by Crippen LogP contribution is -2.43. The summed E-state index contributed by atoms with van der Waals surface area (Å²) in [6, 6.07) is 0. The molecule has 0 aromatic rings. The monoisotopic (exact) mass is 180 g/mol. The quantitative estimate of drug-likeness (QED) is 0.577. The van der Waals surface area contributed by atoms with Crippen molar-refractivity contribution in [2.45, 2.75) is 0 Å². The maximum absolute atomic E-state index is 10.9. The van der Waals surface area contributed by atoms with Gasteiger partial charge in [0.1, 0.15) is 0 Å². The van der Waals surface area contributed by atoms with Crippen LogP contribution in [0.4, 0.5) is 0 Å². The number of carbonyl (C=O) groups excluding carboxylic acids is 1. The molecule has 4 nitrogen and oxygen atoms in total. The van der Waals surface area contributed by atoms with E-state index in [-0.39, 0.29) is 24.9 Å². The van der Waals surface area contributed by atoms with Gasteiger partial charge in [-0.15, -0.1) is 12.4 Å². The van der Waals surface area contributed by atoms with Crippen LogP contribution in [0.2, 0.25) is 0 Å². The van der Waals surface area contributed by atoms with Gasteiger partial charge < -0.3 is 15.4 Å². The van der Waals surface area contributed by atoms with E-state index in [0.29, 0.717) is 26.3 Å². The molecule has 1 saturated heterocycles. The van der Waals surface area contributed by atoms with Gasteiger partial charge in [-0.05, 0) is 0 Å².